The zero-order valence-corrected chi connectivity index (χ0v) is 11.3. The molecule has 0 aliphatic carbocycles. The Hall–Kier alpha value is -1.82. The molecule has 2 aromatic rings. The number of nitrogens with zero attached hydrogens (tertiary/aromatic N) is 2. The summed E-state index contributed by atoms with van der Waals surface area (Å²) in [6.07, 6.45) is -0.833. The van der Waals surface area contributed by atoms with Gasteiger partial charge >= 0.3 is 6.18 Å². The first kappa shape index (κ1) is 14.6. The maximum atomic E-state index is 12.7. The molecule has 1 aromatic carbocycles. The van der Waals surface area contributed by atoms with Crippen LogP contribution in [0.25, 0.3) is 0 Å². The highest BCUT2D eigenvalue weighted by molar-refractivity contribution is 5.28. The predicted molar refractivity (Wildman–Crippen MR) is 70.2 cm³/mol. The monoisotopic (exact) mass is 283 g/mol. The lowest BCUT2D eigenvalue weighted by molar-refractivity contribution is -0.137. The molecular formula is C14H16F3N3. The number of halogens is 3. The molecule has 0 amide bonds. The van der Waals surface area contributed by atoms with Crippen molar-refractivity contribution in [1.82, 2.24) is 14.9 Å². The molecule has 6 heteroatoms. The lowest BCUT2D eigenvalue weighted by Gasteiger charge is -2.19. The summed E-state index contributed by atoms with van der Waals surface area (Å²) in [6.45, 7) is 2.39. The molecule has 1 aromatic heterocycles. The summed E-state index contributed by atoms with van der Waals surface area (Å²) < 4.78 is 40.1. The number of imidazole rings is 1. The van der Waals surface area contributed by atoms with Crippen LogP contribution >= 0.6 is 0 Å². The van der Waals surface area contributed by atoms with E-state index in [4.69, 9.17) is 0 Å². The second kappa shape index (κ2) is 5.66. The van der Waals surface area contributed by atoms with Crippen molar-refractivity contribution in [1.29, 1.82) is 0 Å². The third-order valence-corrected chi connectivity index (χ3v) is 3.27. The predicted octanol–water partition coefficient (Wildman–Crippen LogP) is 3.17. The van der Waals surface area contributed by atoms with Gasteiger partial charge < -0.3 is 9.88 Å². The first-order valence-corrected chi connectivity index (χ1v) is 6.24. The van der Waals surface area contributed by atoms with Gasteiger partial charge in [0.25, 0.3) is 0 Å². The second-order valence-electron chi connectivity index (χ2n) is 4.59. The Morgan fingerprint density at radius 1 is 1.35 bits per heavy atom. The van der Waals surface area contributed by atoms with Crippen LogP contribution in [0, 0.1) is 6.92 Å². The van der Waals surface area contributed by atoms with Crippen LogP contribution in [0.5, 0.6) is 0 Å². The minimum atomic E-state index is -4.32. The number of aromatic nitrogens is 2. The molecule has 0 aliphatic rings. The summed E-state index contributed by atoms with van der Waals surface area (Å²) in [5, 5.41) is 3.05. The first-order valence-electron chi connectivity index (χ1n) is 6.24. The van der Waals surface area contributed by atoms with Gasteiger partial charge in [0.15, 0.2) is 0 Å². The van der Waals surface area contributed by atoms with Crippen molar-refractivity contribution in [2.75, 3.05) is 7.05 Å². The zero-order chi connectivity index (χ0) is 14.8. The van der Waals surface area contributed by atoms with E-state index in [0.717, 1.165) is 11.9 Å². The quantitative estimate of drug-likeness (QED) is 0.934. The van der Waals surface area contributed by atoms with E-state index < -0.39 is 11.7 Å². The molecule has 0 saturated heterocycles. The van der Waals surface area contributed by atoms with E-state index in [1.807, 2.05) is 17.7 Å². The van der Waals surface area contributed by atoms with Crippen molar-refractivity contribution >= 4 is 0 Å². The molecule has 0 radical (unpaired) electrons. The van der Waals surface area contributed by atoms with Gasteiger partial charge in [0.05, 0.1) is 11.6 Å². The Balaban J connectivity index is 2.26. The number of aryl methyl sites for hydroxylation is 1. The third-order valence-electron chi connectivity index (χ3n) is 3.27. The molecule has 0 bridgehead atoms. The van der Waals surface area contributed by atoms with Crippen molar-refractivity contribution in [3.63, 3.8) is 0 Å². The summed E-state index contributed by atoms with van der Waals surface area (Å²) in [4.78, 5) is 4.11. The number of alkyl halides is 3. The van der Waals surface area contributed by atoms with Crippen LogP contribution in [0.4, 0.5) is 13.2 Å². The molecule has 1 unspecified atom stereocenters. The fraction of sp³-hybridized carbons (Fsp3) is 0.357. The highest BCUT2D eigenvalue weighted by atomic mass is 19.4. The van der Waals surface area contributed by atoms with Crippen molar-refractivity contribution in [2.24, 2.45) is 0 Å². The molecule has 1 heterocycles. The van der Waals surface area contributed by atoms with Crippen LogP contribution in [0.1, 0.15) is 23.0 Å². The summed E-state index contributed by atoms with van der Waals surface area (Å²) in [7, 11) is 1.73. The van der Waals surface area contributed by atoms with Crippen LogP contribution in [-0.4, -0.2) is 16.6 Å². The van der Waals surface area contributed by atoms with Crippen molar-refractivity contribution in [3.05, 3.63) is 53.6 Å². The standard InChI is InChI=1S/C14H16F3N3/c1-10-19-6-7-20(10)9-13(18-2)11-4-3-5-12(8-11)14(15,16)17/h3-8,13,18H,9H2,1-2H3. The van der Waals surface area contributed by atoms with E-state index in [-0.39, 0.29) is 6.04 Å². The van der Waals surface area contributed by atoms with E-state index in [1.165, 1.54) is 12.1 Å². The molecule has 0 saturated carbocycles. The fourth-order valence-corrected chi connectivity index (χ4v) is 2.09. The van der Waals surface area contributed by atoms with Crippen LogP contribution in [0.2, 0.25) is 0 Å². The highest BCUT2D eigenvalue weighted by Crippen LogP contribution is 2.31. The van der Waals surface area contributed by atoms with Crippen LogP contribution in [0.15, 0.2) is 36.7 Å². The molecule has 2 rings (SSSR count). The molecule has 108 valence electrons. The molecule has 1 N–H and O–H groups in total. The second-order valence-corrected chi connectivity index (χ2v) is 4.59. The molecule has 20 heavy (non-hydrogen) atoms. The summed E-state index contributed by atoms with van der Waals surface area (Å²) in [5.41, 5.74) is -0.0203. The lowest BCUT2D eigenvalue weighted by Crippen LogP contribution is -2.22. The number of rotatable bonds is 4. The average molecular weight is 283 g/mol. The summed E-state index contributed by atoms with van der Waals surface area (Å²) in [5.74, 6) is 0.831. The van der Waals surface area contributed by atoms with Gasteiger partial charge in [-0.3, -0.25) is 0 Å². The normalized spacial score (nSPS) is 13.4. The number of nitrogens with one attached hydrogen (secondary N) is 1. The topological polar surface area (TPSA) is 29.9 Å². The van der Waals surface area contributed by atoms with Gasteiger partial charge in [0.1, 0.15) is 5.82 Å². The van der Waals surface area contributed by atoms with Crippen molar-refractivity contribution in [3.8, 4) is 0 Å². The average Bonchev–Trinajstić information content (AvgIpc) is 2.80. The largest absolute Gasteiger partial charge is 0.416 e. The Kier molecular flexibility index (Phi) is 4.13. The Morgan fingerprint density at radius 3 is 2.65 bits per heavy atom. The van der Waals surface area contributed by atoms with Gasteiger partial charge in [0.2, 0.25) is 0 Å². The van der Waals surface area contributed by atoms with Gasteiger partial charge in [-0.05, 0) is 31.7 Å². The maximum absolute atomic E-state index is 12.7. The van der Waals surface area contributed by atoms with Crippen molar-refractivity contribution in [2.45, 2.75) is 25.7 Å². The summed E-state index contributed by atoms with van der Waals surface area (Å²) in [6, 6.07) is 5.20. The van der Waals surface area contributed by atoms with Crippen molar-refractivity contribution < 1.29 is 13.2 Å². The van der Waals surface area contributed by atoms with E-state index in [2.05, 4.69) is 10.3 Å². The van der Waals surface area contributed by atoms with Gasteiger partial charge in [-0.25, -0.2) is 4.98 Å². The molecule has 3 nitrogen and oxygen atoms in total. The minimum absolute atomic E-state index is 0.204. The van der Waals surface area contributed by atoms with Crippen LogP contribution in [-0.2, 0) is 12.7 Å². The minimum Gasteiger partial charge on any atom is -0.333 e. The maximum Gasteiger partial charge on any atom is 0.416 e. The molecule has 0 spiro atoms. The molecule has 0 aliphatic heterocycles. The van der Waals surface area contributed by atoms with E-state index in [1.54, 1.807) is 19.3 Å². The lowest BCUT2D eigenvalue weighted by atomic mass is 10.0. The Labute approximate surface area is 115 Å². The number of likely N-dealkylation sites (N-methyl/N-ethyl adjacent to an activating group) is 1. The van der Waals surface area contributed by atoms with E-state index in [0.29, 0.717) is 12.1 Å². The molecule has 0 fully saturated rings. The fourth-order valence-electron chi connectivity index (χ4n) is 2.09. The zero-order valence-electron chi connectivity index (χ0n) is 11.3. The molecule has 1 atom stereocenters. The highest BCUT2D eigenvalue weighted by Gasteiger charge is 2.30. The Bertz CT molecular complexity index is 575. The van der Waals surface area contributed by atoms with E-state index >= 15 is 0 Å². The van der Waals surface area contributed by atoms with Crippen LogP contribution in [0.3, 0.4) is 0 Å². The van der Waals surface area contributed by atoms with Gasteiger partial charge in [-0.2, -0.15) is 13.2 Å². The first-order chi connectivity index (χ1) is 9.41. The SMILES string of the molecule is CNC(Cn1ccnc1C)c1cccc(C(F)(F)F)c1. The van der Waals surface area contributed by atoms with E-state index in [9.17, 15) is 13.2 Å². The number of hydrogen-bond acceptors (Lipinski definition) is 2. The van der Waals surface area contributed by atoms with Crippen LogP contribution < -0.4 is 5.32 Å². The number of benzene rings is 1. The number of hydrogen-bond donors (Lipinski definition) is 1. The van der Waals surface area contributed by atoms with Gasteiger partial charge in [-0.1, -0.05) is 12.1 Å². The smallest absolute Gasteiger partial charge is 0.333 e. The summed E-state index contributed by atoms with van der Waals surface area (Å²) >= 11 is 0. The Morgan fingerprint density at radius 2 is 2.10 bits per heavy atom. The third kappa shape index (κ3) is 3.19. The van der Waals surface area contributed by atoms with Gasteiger partial charge in [-0.15, -0.1) is 0 Å². The molecular weight excluding hydrogens is 267 g/mol. The van der Waals surface area contributed by atoms with Gasteiger partial charge in [0, 0.05) is 18.9 Å².